The molecular weight excluding hydrogens is 204 g/mol. The molecule has 0 amide bonds. The number of methoxy groups -OCH3 is 1. The van der Waals surface area contributed by atoms with Crippen LogP contribution in [0.15, 0.2) is 10.6 Å². The fourth-order valence-electron chi connectivity index (χ4n) is 1.46. The Bertz CT molecular complexity index is 286. The van der Waals surface area contributed by atoms with Crippen LogP contribution in [0.5, 0.6) is 0 Å². The summed E-state index contributed by atoms with van der Waals surface area (Å²) in [6, 6.07) is 0. The maximum Gasteiger partial charge on any atom is 0.194 e. The van der Waals surface area contributed by atoms with Gasteiger partial charge in [0.15, 0.2) is 5.89 Å². The van der Waals surface area contributed by atoms with E-state index in [0.717, 1.165) is 43.9 Å². The Labute approximate surface area is 97.4 Å². The first-order chi connectivity index (χ1) is 7.76. The second kappa shape index (κ2) is 7.41. The quantitative estimate of drug-likeness (QED) is 0.687. The highest BCUT2D eigenvalue weighted by atomic mass is 16.5. The average molecular weight is 226 g/mol. The molecule has 0 aliphatic carbocycles. The molecule has 0 radical (unpaired) electrons. The number of nitrogens with one attached hydrogen (secondary N) is 1. The first-order valence-corrected chi connectivity index (χ1v) is 5.87. The molecule has 4 nitrogen and oxygen atoms in total. The van der Waals surface area contributed by atoms with Crippen molar-refractivity contribution in [2.45, 2.75) is 38.7 Å². The number of rotatable bonds is 8. The molecule has 1 N–H and O–H groups in total. The predicted molar refractivity (Wildman–Crippen MR) is 63.5 cm³/mol. The van der Waals surface area contributed by atoms with Crippen molar-refractivity contribution in [2.24, 2.45) is 0 Å². The highest BCUT2D eigenvalue weighted by Crippen LogP contribution is 2.10. The van der Waals surface area contributed by atoms with Crippen molar-refractivity contribution >= 4 is 0 Å². The predicted octanol–water partition coefficient (Wildman–Crippen LogP) is 1.79. The van der Waals surface area contributed by atoms with Crippen LogP contribution in [0, 0.1) is 0 Å². The van der Waals surface area contributed by atoms with E-state index in [4.69, 9.17) is 9.15 Å². The molecule has 1 aromatic heterocycles. The van der Waals surface area contributed by atoms with E-state index in [0.29, 0.717) is 0 Å². The van der Waals surface area contributed by atoms with E-state index in [2.05, 4.69) is 17.2 Å². The Morgan fingerprint density at radius 2 is 2.31 bits per heavy atom. The molecule has 92 valence electrons. The summed E-state index contributed by atoms with van der Waals surface area (Å²) in [6.45, 7) is 3.06. The lowest BCUT2D eigenvalue weighted by atomic mass is 10.2. The largest absolute Gasteiger partial charge is 0.446 e. The smallest absolute Gasteiger partial charge is 0.194 e. The van der Waals surface area contributed by atoms with Crippen LogP contribution in [0.3, 0.4) is 0 Å². The van der Waals surface area contributed by atoms with Crippen LogP contribution < -0.4 is 5.32 Å². The zero-order chi connectivity index (χ0) is 11.8. The van der Waals surface area contributed by atoms with Crippen LogP contribution in [0.4, 0.5) is 0 Å². The van der Waals surface area contributed by atoms with Crippen LogP contribution in [-0.2, 0) is 17.6 Å². The molecule has 0 spiro atoms. The number of hydrogen-bond donors (Lipinski definition) is 1. The highest BCUT2D eigenvalue weighted by Gasteiger charge is 2.06. The molecule has 0 saturated carbocycles. The Kier molecular flexibility index (Phi) is 6.11. The normalized spacial score (nSPS) is 12.9. The van der Waals surface area contributed by atoms with Crippen molar-refractivity contribution in [3.05, 3.63) is 17.8 Å². The van der Waals surface area contributed by atoms with Gasteiger partial charge in [-0.05, 0) is 33.4 Å². The van der Waals surface area contributed by atoms with Crippen LogP contribution in [0.25, 0.3) is 0 Å². The summed E-state index contributed by atoms with van der Waals surface area (Å²) in [5.41, 5.74) is 0. The van der Waals surface area contributed by atoms with Crippen LogP contribution in [0.1, 0.15) is 31.4 Å². The fourth-order valence-corrected chi connectivity index (χ4v) is 1.46. The molecule has 0 aliphatic rings. The molecule has 1 rings (SSSR count). The van der Waals surface area contributed by atoms with Gasteiger partial charge in [-0.15, -0.1) is 0 Å². The third kappa shape index (κ3) is 4.77. The van der Waals surface area contributed by atoms with Gasteiger partial charge in [0, 0.05) is 20.0 Å². The lowest BCUT2D eigenvalue weighted by Gasteiger charge is -2.06. The zero-order valence-corrected chi connectivity index (χ0v) is 10.5. The second-order valence-corrected chi connectivity index (χ2v) is 4.01. The van der Waals surface area contributed by atoms with Gasteiger partial charge in [-0.3, -0.25) is 0 Å². The van der Waals surface area contributed by atoms with Gasteiger partial charge < -0.3 is 14.5 Å². The molecule has 1 unspecified atom stereocenters. The van der Waals surface area contributed by atoms with E-state index in [1.54, 1.807) is 7.11 Å². The SMILES string of the molecule is CNCCCc1ncc(CCC(C)OC)o1. The van der Waals surface area contributed by atoms with Gasteiger partial charge in [-0.2, -0.15) is 0 Å². The summed E-state index contributed by atoms with van der Waals surface area (Å²) in [7, 11) is 3.68. The summed E-state index contributed by atoms with van der Waals surface area (Å²) in [4.78, 5) is 4.26. The van der Waals surface area contributed by atoms with Crippen molar-refractivity contribution in [1.82, 2.24) is 10.3 Å². The Balaban J connectivity index is 2.28. The van der Waals surface area contributed by atoms with E-state index in [9.17, 15) is 0 Å². The minimum absolute atomic E-state index is 0.276. The van der Waals surface area contributed by atoms with Gasteiger partial charge in [-0.1, -0.05) is 0 Å². The third-order valence-corrected chi connectivity index (χ3v) is 2.62. The van der Waals surface area contributed by atoms with Gasteiger partial charge in [0.25, 0.3) is 0 Å². The van der Waals surface area contributed by atoms with Crippen molar-refractivity contribution in [2.75, 3.05) is 20.7 Å². The maximum atomic E-state index is 5.63. The minimum atomic E-state index is 0.276. The van der Waals surface area contributed by atoms with Crippen LogP contribution >= 0.6 is 0 Å². The van der Waals surface area contributed by atoms with E-state index in [-0.39, 0.29) is 6.10 Å². The van der Waals surface area contributed by atoms with E-state index >= 15 is 0 Å². The topological polar surface area (TPSA) is 47.3 Å². The maximum absolute atomic E-state index is 5.63. The molecule has 0 bridgehead atoms. The molecule has 0 saturated heterocycles. The molecule has 1 aromatic rings. The van der Waals surface area contributed by atoms with Crippen molar-refractivity contribution in [1.29, 1.82) is 0 Å². The number of oxazole rings is 1. The molecule has 0 fully saturated rings. The summed E-state index contributed by atoms with van der Waals surface area (Å²) in [5, 5.41) is 3.11. The Morgan fingerprint density at radius 1 is 1.50 bits per heavy atom. The number of hydrogen-bond acceptors (Lipinski definition) is 4. The highest BCUT2D eigenvalue weighted by molar-refractivity contribution is 4.94. The monoisotopic (exact) mass is 226 g/mol. The molecule has 0 aromatic carbocycles. The molecule has 16 heavy (non-hydrogen) atoms. The number of aromatic nitrogens is 1. The van der Waals surface area contributed by atoms with Gasteiger partial charge >= 0.3 is 0 Å². The molecule has 1 heterocycles. The average Bonchev–Trinajstić information content (AvgIpc) is 2.74. The Hall–Kier alpha value is -0.870. The van der Waals surface area contributed by atoms with Crippen LogP contribution in [-0.4, -0.2) is 31.8 Å². The van der Waals surface area contributed by atoms with E-state index < -0.39 is 0 Å². The number of nitrogens with zero attached hydrogens (tertiary/aromatic N) is 1. The standard InChI is InChI=1S/C12H22N2O2/c1-10(15-3)6-7-11-9-14-12(16-11)5-4-8-13-2/h9-10,13H,4-8H2,1-3H3. The first-order valence-electron chi connectivity index (χ1n) is 5.87. The van der Waals surface area contributed by atoms with Gasteiger partial charge in [0.05, 0.1) is 12.3 Å². The summed E-state index contributed by atoms with van der Waals surface area (Å²) < 4.78 is 10.8. The first kappa shape index (κ1) is 13.2. The van der Waals surface area contributed by atoms with Gasteiger partial charge in [0.1, 0.15) is 5.76 Å². The minimum Gasteiger partial charge on any atom is -0.446 e. The van der Waals surface area contributed by atoms with Crippen molar-refractivity contribution in [3.8, 4) is 0 Å². The molecule has 1 atom stereocenters. The number of aryl methyl sites for hydroxylation is 2. The van der Waals surface area contributed by atoms with Crippen molar-refractivity contribution in [3.63, 3.8) is 0 Å². The summed E-state index contributed by atoms with van der Waals surface area (Å²) >= 11 is 0. The zero-order valence-electron chi connectivity index (χ0n) is 10.5. The van der Waals surface area contributed by atoms with E-state index in [1.165, 1.54) is 0 Å². The fraction of sp³-hybridized carbons (Fsp3) is 0.750. The second-order valence-electron chi connectivity index (χ2n) is 4.01. The van der Waals surface area contributed by atoms with Crippen LogP contribution in [0.2, 0.25) is 0 Å². The van der Waals surface area contributed by atoms with Gasteiger partial charge in [-0.25, -0.2) is 4.98 Å². The van der Waals surface area contributed by atoms with Crippen molar-refractivity contribution < 1.29 is 9.15 Å². The number of ether oxygens (including phenoxy) is 1. The van der Waals surface area contributed by atoms with E-state index in [1.807, 2.05) is 13.2 Å². The third-order valence-electron chi connectivity index (χ3n) is 2.62. The lowest BCUT2D eigenvalue weighted by molar-refractivity contribution is 0.110. The summed E-state index contributed by atoms with van der Waals surface area (Å²) in [6.07, 6.45) is 5.94. The molecule has 0 aliphatic heterocycles. The molecular formula is C12H22N2O2. The molecule has 4 heteroatoms. The Morgan fingerprint density at radius 3 is 3.00 bits per heavy atom. The summed E-state index contributed by atoms with van der Waals surface area (Å²) in [5.74, 6) is 1.80. The lowest BCUT2D eigenvalue weighted by Crippen LogP contribution is -2.08. The van der Waals surface area contributed by atoms with Gasteiger partial charge in [0.2, 0.25) is 0 Å².